The molecule has 1 N–H and O–H groups in total. The van der Waals surface area contributed by atoms with Crippen LogP contribution in [-0.2, 0) is 14.9 Å². The number of benzene rings is 1. The largest absolute Gasteiger partial charge is 0.496 e. The van der Waals surface area contributed by atoms with Gasteiger partial charge in [0.2, 0.25) is 0 Å². The second-order valence-corrected chi connectivity index (χ2v) is 8.14. The molecule has 1 fully saturated rings. The van der Waals surface area contributed by atoms with Crippen molar-refractivity contribution in [3.8, 4) is 5.75 Å². The highest BCUT2D eigenvalue weighted by atomic mass is 35.5. The summed E-state index contributed by atoms with van der Waals surface area (Å²) in [6, 6.07) is 3.06. The van der Waals surface area contributed by atoms with Crippen LogP contribution in [-0.4, -0.2) is 47.9 Å². The summed E-state index contributed by atoms with van der Waals surface area (Å²) >= 11 is 12.1. The number of likely N-dealkylation sites (tertiary alicyclic amines) is 1. The van der Waals surface area contributed by atoms with Gasteiger partial charge in [0.15, 0.2) is 0 Å². The van der Waals surface area contributed by atoms with Crippen molar-refractivity contribution in [3.05, 3.63) is 27.7 Å². The lowest BCUT2D eigenvalue weighted by Gasteiger charge is -2.40. The van der Waals surface area contributed by atoms with Crippen LogP contribution in [0.1, 0.15) is 39.2 Å². The summed E-state index contributed by atoms with van der Waals surface area (Å²) in [6.45, 7) is 5.88. The van der Waals surface area contributed by atoms with Crippen molar-refractivity contribution in [1.82, 2.24) is 4.90 Å². The van der Waals surface area contributed by atoms with Crippen LogP contribution in [0.2, 0.25) is 10.0 Å². The van der Waals surface area contributed by atoms with Gasteiger partial charge in [0.05, 0.1) is 22.6 Å². The van der Waals surface area contributed by atoms with Gasteiger partial charge in [-0.1, -0.05) is 23.2 Å². The van der Waals surface area contributed by atoms with E-state index in [4.69, 9.17) is 32.7 Å². The predicted molar refractivity (Wildman–Crippen MR) is 99.4 cm³/mol. The molecule has 1 aromatic rings. The van der Waals surface area contributed by atoms with Gasteiger partial charge < -0.3 is 19.5 Å². The Morgan fingerprint density at radius 2 is 1.69 bits per heavy atom. The molecule has 1 aliphatic rings. The molecule has 0 atom stereocenters. The second-order valence-electron chi connectivity index (χ2n) is 7.32. The maximum atomic E-state index is 12.2. The fourth-order valence-corrected chi connectivity index (χ4v) is 3.38. The van der Waals surface area contributed by atoms with E-state index < -0.39 is 23.1 Å². The van der Waals surface area contributed by atoms with Crippen LogP contribution in [0.5, 0.6) is 5.75 Å². The summed E-state index contributed by atoms with van der Waals surface area (Å²) in [7, 11) is 1.45. The molecule has 1 aromatic carbocycles. The SMILES string of the molecule is COc1cc(Cl)c(Cl)cc1C1(C(=O)O)CCN(C(=O)OC(C)(C)C)CC1. The number of hydrogen-bond donors (Lipinski definition) is 1. The Morgan fingerprint density at radius 1 is 1.15 bits per heavy atom. The smallest absolute Gasteiger partial charge is 0.410 e. The summed E-state index contributed by atoms with van der Waals surface area (Å²) in [5, 5.41) is 10.5. The predicted octanol–water partition coefficient (Wildman–Crippen LogP) is 4.36. The Bertz CT molecular complexity index is 706. The Morgan fingerprint density at radius 3 is 2.15 bits per heavy atom. The van der Waals surface area contributed by atoms with Crippen LogP contribution < -0.4 is 4.74 Å². The first-order valence-corrected chi connectivity index (χ1v) is 9.00. The molecule has 2 rings (SSSR count). The van der Waals surface area contributed by atoms with Gasteiger partial charge in [-0.05, 0) is 39.7 Å². The zero-order chi connectivity index (χ0) is 19.7. The number of carbonyl (C=O) groups is 2. The van der Waals surface area contributed by atoms with E-state index in [9.17, 15) is 14.7 Å². The highest BCUT2D eigenvalue weighted by Crippen LogP contribution is 2.43. The number of carboxylic acid groups (broad SMARTS) is 1. The summed E-state index contributed by atoms with van der Waals surface area (Å²) in [4.78, 5) is 26.0. The van der Waals surface area contributed by atoms with Gasteiger partial charge in [-0.3, -0.25) is 4.79 Å². The van der Waals surface area contributed by atoms with E-state index >= 15 is 0 Å². The molecule has 144 valence electrons. The third-order valence-corrected chi connectivity index (χ3v) is 5.16. The summed E-state index contributed by atoms with van der Waals surface area (Å²) in [5.41, 5.74) is -1.35. The standard InChI is InChI=1S/C18H23Cl2NO5/c1-17(2,3)26-16(24)21-7-5-18(6-8-21,15(22)23)11-9-12(19)13(20)10-14(11)25-4/h9-10H,5-8H2,1-4H3,(H,22,23). The number of nitrogens with zero attached hydrogens (tertiary/aromatic N) is 1. The average Bonchev–Trinajstić information content (AvgIpc) is 2.55. The first kappa shape index (κ1) is 20.6. The number of methoxy groups -OCH3 is 1. The Hall–Kier alpha value is -1.66. The van der Waals surface area contributed by atoms with Crippen LogP contribution in [0, 0.1) is 0 Å². The van der Waals surface area contributed by atoms with Gasteiger partial charge >= 0.3 is 12.1 Å². The first-order chi connectivity index (χ1) is 12.0. The Balaban J connectivity index is 2.31. The van der Waals surface area contributed by atoms with Crippen molar-refractivity contribution in [3.63, 3.8) is 0 Å². The zero-order valence-corrected chi connectivity index (χ0v) is 16.8. The molecule has 0 saturated carbocycles. The molecule has 1 saturated heterocycles. The first-order valence-electron chi connectivity index (χ1n) is 8.25. The minimum Gasteiger partial charge on any atom is -0.496 e. The number of aliphatic carboxylic acids is 1. The highest BCUT2D eigenvalue weighted by molar-refractivity contribution is 6.42. The van der Waals surface area contributed by atoms with E-state index in [2.05, 4.69) is 0 Å². The van der Waals surface area contributed by atoms with E-state index in [1.807, 2.05) is 0 Å². The fraction of sp³-hybridized carbons (Fsp3) is 0.556. The lowest BCUT2D eigenvalue weighted by molar-refractivity contribution is -0.146. The molecule has 0 spiro atoms. The number of halogens is 2. The van der Waals surface area contributed by atoms with Crippen LogP contribution in [0.15, 0.2) is 12.1 Å². The van der Waals surface area contributed by atoms with E-state index in [-0.39, 0.29) is 31.0 Å². The molecule has 26 heavy (non-hydrogen) atoms. The van der Waals surface area contributed by atoms with E-state index in [1.165, 1.54) is 18.1 Å². The van der Waals surface area contributed by atoms with Crippen molar-refractivity contribution in [1.29, 1.82) is 0 Å². The van der Waals surface area contributed by atoms with E-state index in [1.54, 1.807) is 26.8 Å². The molecule has 1 aliphatic heterocycles. The maximum Gasteiger partial charge on any atom is 0.410 e. The van der Waals surface area contributed by atoms with Crippen molar-refractivity contribution in [2.45, 2.75) is 44.6 Å². The van der Waals surface area contributed by atoms with Crippen LogP contribution in [0.4, 0.5) is 4.79 Å². The minimum absolute atomic E-state index is 0.218. The number of carboxylic acids is 1. The number of hydrogen-bond acceptors (Lipinski definition) is 4. The molecular weight excluding hydrogens is 381 g/mol. The van der Waals surface area contributed by atoms with Crippen LogP contribution in [0.25, 0.3) is 0 Å². The molecule has 0 aliphatic carbocycles. The maximum absolute atomic E-state index is 12.2. The summed E-state index contributed by atoms with van der Waals surface area (Å²) in [5.74, 6) is -0.620. The number of piperidine rings is 1. The highest BCUT2D eigenvalue weighted by Gasteiger charge is 2.46. The normalized spacial score (nSPS) is 16.9. The van der Waals surface area contributed by atoms with Crippen molar-refractivity contribution < 1.29 is 24.2 Å². The molecule has 8 heteroatoms. The monoisotopic (exact) mass is 403 g/mol. The van der Waals surface area contributed by atoms with E-state index in [0.717, 1.165) is 0 Å². The molecule has 6 nitrogen and oxygen atoms in total. The minimum atomic E-state index is -1.21. The number of carbonyl (C=O) groups excluding carboxylic acids is 1. The summed E-state index contributed by atoms with van der Waals surface area (Å²) < 4.78 is 10.7. The van der Waals surface area contributed by atoms with Crippen molar-refractivity contribution in [2.75, 3.05) is 20.2 Å². The Kier molecular flexibility index (Phi) is 5.98. The lowest BCUT2D eigenvalue weighted by atomic mass is 9.72. The molecule has 0 aromatic heterocycles. The number of ether oxygens (including phenoxy) is 2. The van der Waals surface area contributed by atoms with Crippen LogP contribution in [0.3, 0.4) is 0 Å². The molecule has 0 radical (unpaired) electrons. The molecule has 1 amide bonds. The van der Waals surface area contributed by atoms with Gasteiger partial charge in [0, 0.05) is 24.7 Å². The molecule has 0 unspecified atom stereocenters. The van der Waals surface area contributed by atoms with Gasteiger partial charge in [-0.2, -0.15) is 0 Å². The quantitative estimate of drug-likeness (QED) is 0.811. The summed E-state index contributed by atoms with van der Waals surface area (Å²) in [6.07, 6.45) is -0.0104. The van der Waals surface area contributed by atoms with Crippen molar-refractivity contribution in [2.24, 2.45) is 0 Å². The average molecular weight is 404 g/mol. The van der Waals surface area contributed by atoms with Gasteiger partial charge in [-0.15, -0.1) is 0 Å². The van der Waals surface area contributed by atoms with Gasteiger partial charge in [0.25, 0.3) is 0 Å². The van der Waals surface area contributed by atoms with Crippen LogP contribution >= 0.6 is 23.2 Å². The number of amides is 1. The van der Waals surface area contributed by atoms with E-state index in [0.29, 0.717) is 16.3 Å². The fourth-order valence-electron chi connectivity index (χ4n) is 3.07. The third kappa shape index (κ3) is 4.18. The topological polar surface area (TPSA) is 76.1 Å². The van der Waals surface area contributed by atoms with Gasteiger partial charge in [0.1, 0.15) is 11.4 Å². The Labute approximate surface area is 163 Å². The second kappa shape index (κ2) is 7.53. The third-order valence-electron chi connectivity index (χ3n) is 4.44. The molecule has 0 bridgehead atoms. The zero-order valence-electron chi connectivity index (χ0n) is 15.3. The lowest BCUT2D eigenvalue weighted by Crippen LogP contribution is -2.50. The molecular formula is C18H23Cl2NO5. The number of rotatable bonds is 3. The molecule has 1 heterocycles. The van der Waals surface area contributed by atoms with Crippen molar-refractivity contribution >= 4 is 35.3 Å². The van der Waals surface area contributed by atoms with Gasteiger partial charge in [-0.25, -0.2) is 4.79 Å².